The molecule has 7 heteroatoms. The molecule has 0 saturated carbocycles. The number of amidine groups is 1. The molecule has 1 saturated heterocycles. The summed E-state index contributed by atoms with van der Waals surface area (Å²) >= 11 is 7.69. The first-order valence-corrected chi connectivity index (χ1v) is 8.84. The summed E-state index contributed by atoms with van der Waals surface area (Å²) in [5.41, 5.74) is 0.779. The largest absolute Gasteiger partial charge is 0.490 e. The maximum Gasteiger partial charge on any atom is 0.266 e. The second-order valence-electron chi connectivity index (χ2n) is 5.41. The lowest BCUT2D eigenvalue weighted by Gasteiger charge is -2.16. The molecule has 1 aromatic carbocycles. The zero-order chi connectivity index (χ0) is 17.9. The molecule has 1 aliphatic rings. The van der Waals surface area contributed by atoms with E-state index in [1.54, 1.807) is 26.2 Å². The number of nitrogens with zero attached hydrogens (tertiary/aromatic N) is 2. The van der Waals surface area contributed by atoms with Crippen molar-refractivity contribution in [1.82, 2.24) is 4.90 Å². The Morgan fingerprint density at radius 2 is 2.12 bits per heavy atom. The Bertz CT molecular complexity index is 701. The van der Waals surface area contributed by atoms with Gasteiger partial charge in [-0.2, -0.15) is 0 Å². The number of rotatable bonds is 5. The van der Waals surface area contributed by atoms with Crippen LogP contribution in [0.25, 0.3) is 6.08 Å². The van der Waals surface area contributed by atoms with Crippen LogP contribution >= 0.6 is 23.4 Å². The summed E-state index contributed by atoms with van der Waals surface area (Å²) in [6, 6.07) is 3.60. The first-order valence-electron chi connectivity index (χ1n) is 7.64. The molecular formula is C17H21ClN2O3S. The summed E-state index contributed by atoms with van der Waals surface area (Å²) in [5, 5.41) is 1.12. The molecule has 24 heavy (non-hydrogen) atoms. The Morgan fingerprint density at radius 1 is 1.42 bits per heavy atom. The van der Waals surface area contributed by atoms with Crippen molar-refractivity contribution in [1.29, 1.82) is 0 Å². The number of benzene rings is 1. The molecule has 0 bridgehead atoms. The normalized spacial score (nSPS) is 18.1. The van der Waals surface area contributed by atoms with Crippen LogP contribution in [0, 0.1) is 0 Å². The summed E-state index contributed by atoms with van der Waals surface area (Å²) < 4.78 is 11.4. The van der Waals surface area contributed by atoms with Gasteiger partial charge in [0.2, 0.25) is 0 Å². The summed E-state index contributed by atoms with van der Waals surface area (Å²) in [6.45, 7) is 6.25. The maximum atomic E-state index is 12.3. The van der Waals surface area contributed by atoms with E-state index in [2.05, 4.69) is 4.99 Å². The Kier molecular flexibility index (Phi) is 6.18. The van der Waals surface area contributed by atoms with Crippen molar-refractivity contribution in [2.75, 3.05) is 20.7 Å². The highest BCUT2D eigenvalue weighted by Gasteiger charge is 2.29. The molecule has 2 rings (SSSR count). The quantitative estimate of drug-likeness (QED) is 0.735. The van der Waals surface area contributed by atoms with E-state index in [1.807, 2.05) is 26.8 Å². The van der Waals surface area contributed by atoms with Crippen molar-refractivity contribution in [2.45, 2.75) is 26.9 Å². The molecule has 0 N–H and O–H groups in total. The first-order chi connectivity index (χ1) is 11.4. The van der Waals surface area contributed by atoms with E-state index in [4.69, 9.17) is 21.1 Å². The fourth-order valence-electron chi connectivity index (χ4n) is 2.19. The van der Waals surface area contributed by atoms with Crippen molar-refractivity contribution < 1.29 is 14.3 Å². The third kappa shape index (κ3) is 4.05. The number of hydrogen-bond donors (Lipinski definition) is 0. The highest BCUT2D eigenvalue weighted by molar-refractivity contribution is 8.18. The van der Waals surface area contributed by atoms with E-state index >= 15 is 0 Å². The second kappa shape index (κ2) is 7.94. The third-order valence-electron chi connectivity index (χ3n) is 3.18. The predicted molar refractivity (Wildman–Crippen MR) is 100 cm³/mol. The maximum absolute atomic E-state index is 12.3. The van der Waals surface area contributed by atoms with Crippen LogP contribution in [0.2, 0.25) is 5.02 Å². The molecular weight excluding hydrogens is 348 g/mol. The minimum Gasteiger partial charge on any atom is -0.490 e. The molecule has 5 nitrogen and oxygen atoms in total. The van der Waals surface area contributed by atoms with Crippen molar-refractivity contribution >= 4 is 40.5 Å². The van der Waals surface area contributed by atoms with Crippen LogP contribution in [-0.4, -0.2) is 42.8 Å². The average molecular weight is 369 g/mol. The van der Waals surface area contributed by atoms with Gasteiger partial charge in [0.1, 0.15) is 0 Å². The van der Waals surface area contributed by atoms with Gasteiger partial charge < -0.3 is 9.47 Å². The van der Waals surface area contributed by atoms with E-state index in [0.29, 0.717) is 33.2 Å². The van der Waals surface area contributed by atoms with Gasteiger partial charge in [0.05, 0.1) is 22.6 Å². The van der Waals surface area contributed by atoms with Crippen LogP contribution < -0.4 is 9.47 Å². The molecule has 0 atom stereocenters. The summed E-state index contributed by atoms with van der Waals surface area (Å²) in [7, 11) is 3.37. The van der Waals surface area contributed by atoms with E-state index in [-0.39, 0.29) is 12.0 Å². The van der Waals surface area contributed by atoms with Crippen LogP contribution in [0.15, 0.2) is 22.0 Å². The number of thioether (sulfide) groups is 1. The molecule has 1 amide bonds. The van der Waals surface area contributed by atoms with Crippen LogP contribution in [0.5, 0.6) is 11.5 Å². The van der Waals surface area contributed by atoms with E-state index in [0.717, 1.165) is 5.56 Å². The minimum absolute atomic E-state index is 0.0187. The van der Waals surface area contributed by atoms with Gasteiger partial charge in [-0.25, -0.2) is 0 Å². The molecule has 1 heterocycles. The topological polar surface area (TPSA) is 51.1 Å². The first kappa shape index (κ1) is 18.7. The van der Waals surface area contributed by atoms with E-state index in [1.165, 1.54) is 16.7 Å². The van der Waals surface area contributed by atoms with Crippen molar-refractivity contribution in [2.24, 2.45) is 4.99 Å². The lowest BCUT2D eigenvalue weighted by Crippen LogP contribution is -2.23. The molecule has 1 aromatic rings. The lowest BCUT2D eigenvalue weighted by molar-refractivity contribution is -0.121. The molecule has 0 unspecified atom stereocenters. The monoisotopic (exact) mass is 368 g/mol. The van der Waals surface area contributed by atoms with Gasteiger partial charge in [-0.15, -0.1) is 0 Å². The SMILES string of the molecule is CCOc1cc(/C=C2/SC(=NC)N(C)C2=O)cc(Cl)c1OC(C)C. The Morgan fingerprint density at radius 3 is 2.67 bits per heavy atom. The Balaban J connectivity index is 2.41. The van der Waals surface area contributed by atoms with Gasteiger partial charge in [0, 0.05) is 14.1 Å². The van der Waals surface area contributed by atoms with Crippen LogP contribution in [0.1, 0.15) is 26.3 Å². The lowest BCUT2D eigenvalue weighted by atomic mass is 10.1. The van der Waals surface area contributed by atoms with Gasteiger partial charge in [0.15, 0.2) is 16.7 Å². The zero-order valence-corrected chi connectivity index (χ0v) is 16.0. The number of hydrogen-bond acceptors (Lipinski definition) is 5. The fraction of sp³-hybridized carbons (Fsp3) is 0.412. The number of halogens is 1. The van der Waals surface area contributed by atoms with Gasteiger partial charge in [0.25, 0.3) is 5.91 Å². The second-order valence-corrected chi connectivity index (χ2v) is 6.83. The number of ether oxygens (including phenoxy) is 2. The summed E-state index contributed by atoms with van der Waals surface area (Å²) in [5.74, 6) is 1.00. The number of aliphatic imine (C=N–C) groups is 1. The summed E-state index contributed by atoms with van der Waals surface area (Å²) in [4.78, 5) is 18.5. The standard InChI is InChI=1S/C17H21ClN2O3S/c1-6-22-13-8-11(7-12(18)15(13)23-10(2)3)9-14-16(21)20(5)17(19-4)24-14/h7-10H,6H2,1-5H3/b14-9+,19-17?. The van der Waals surface area contributed by atoms with Gasteiger partial charge in [-0.3, -0.25) is 14.7 Å². The smallest absolute Gasteiger partial charge is 0.266 e. The number of amides is 1. The highest BCUT2D eigenvalue weighted by Crippen LogP contribution is 2.39. The van der Waals surface area contributed by atoms with Crippen molar-refractivity contribution in [3.8, 4) is 11.5 Å². The number of likely N-dealkylation sites (N-methyl/N-ethyl adjacent to an activating group) is 1. The molecule has 1 fully saturated rings. The van der Waals surface area contributed by atoms with E-state index in [9.17, 15) is 4.79 Å². The molecule has 0 aliphatic carbocycles. The van der Waals surface area contributed by atoms with Gasteiger partial charge in [-0.1, -0.05) is 11.6 Å². The van der Waals surface area contributed by atoms with E-state index < -0.39 is 0 Å². The number of carbonyl (C=O) groups excluding carboxylic acids is 1. The van der Waals surface area contributed by atoms with Gasteiger partial charge >= 0.3 is 0 Å². The molecule has 1 aliphatic heterocycles. The predicted octanol–water partition coefficient (Wildman–Crippen LogP) is 4.06. The number of carbonyl (C=O) groups is 1. The minimum atomic E-state index is -0.0859. The Labute approximate surface area is 151 Å². The molecule has 0 spiro atoms. The van der Waals surface area contributed by atoms with Crippen molar-refractivity contribution in [3.63, 3.8) is 0 Å². The van der Waals surface area contributed by atoms with Crippen LogP contribution in [-0.2, 0) is 4.79 Å². The zero-order valence-electron chi connectivity index (χ0n) is 14.4. The molecule has 0 radical (unpaired) electrons. The highest BCUT2D eigenvalue weighted by atomic mass is 35.5. The average Bonchev–Trinajstić information content (AvgIpc) is 2.78. The molecule has 0 aromatic heterocycles. The van der Waals surface area contributed by atoms with Gasteiger partial charge in [-0.05, 0) is 56.3 Å². The third-order valence-corrected chi connectivity index (χ3v) is 4.61. The summed E-state index contributed by atoms with van der Waals surface area (Å²) in [6.07, 6.45) is 1.77. The fourth-order valence-corrected chi connectivity index (χ4v) is 3.38. The molecule has 130 valence electrons. The van der Waals surface area contributed by atoms with Crippen LogP contribution in [0.4, 0.5) is 0 Å². The Hall–Kier alpha value is -1.66. The van der Waals surface area contributed by atoms with Crippen molar-refractivity contribution in [3.05, 3.63) is 27.6 Å². The van der Waals surface area contributed by atoms with Crippen LogP contribution in [0.3, 0.4) is 0 Å².